The zero-order chi connectivity index (χ0) is 13.5. The summed E-state index contributed by atoms with van der Waals surface area (Å²) in [6, 6.07) is 5.78. The Morgan fingerprint density at radius 3 is 2.83 bits per heavy atom. The van der Waals surface area contributed by atoms with E-state index in [-0.39, 0.29) is 24.6 Å². The smallest absolute Gasteiger partial charge is 0.269 e. The average molecular weight is 254 g/mol. The van der Waals surface area contributed by atoms with Gasteiger partial charge in [0.05, 0.1) is 24.1 Å². The van der Waals surface area contributed by atoms with E-state index in [0.717, 1.165) is 0 Å². The van der Waals surface area contributed by atoms with Crippen LogP contribution < -0.4 is 5.32 Å². The molecule has 0 aliphatic carbocycles. The number of nitro groups is 1. The molecule has 1 atom stereocenters. The lowest BCUT2D eigenvalue weighted by molar-refractivity contribution is -0.384. The highest BCUT2D eigenvalue weighted by molar-refractivity contribution is 5.78. The fourth-order valence-electron chi connectivity index (χ4n) is 1.32. The molecule has 1 amide bonds. The molecule has 1 rings (SSSR count). The zero-order valence-corrected chi connectivity index (χ0v) is 9.57. The number of hydrogen-bond donors (Lipinski definition) is 3. The van der Waals surface area contributed by atoms with Crippen LogP contribution in [-0.4, -0.2) is 40.3 Å². The van der Waals surface area contributed by atoms with E-state index >= 15 is 0 Å². The first kappa shape index (κ1) is 14.1. The van der Waals surface area contributed by atoms with Gasteiger partial charge >= 0.3 is 0 Å². The minimum atomic E-state index is -1.00. The summed E-state index contributed by atoms with van der Waals surface area (Å²) in [5.74, 6) is -0.372. The number of aliphatic hydroxyl groups excluding tert-OH is 2. The molecule has 0 bridgehead atoms. The summed E-state index contributed by atoms with van der Waals surface area (Å²) in [6.45, 7) is -0.485. The van der Waals surface area contributed by atoms with Crippen LogP contribution in [0.4, 0.5) is 5.69 Å². The molecule has 0 saturated carbocycles. The molecule has 0 aromatic heterocycles. The van der Waals surface area contributed by atoms with Crippen molar-refractivity contribution in [3.05, 3.63) is 39.9 Å². The van der Waals surface area contributed by atoms with Gasteiger partial charge in [-0.25, -0.2) is 0 Å². The number of nitro benzene ring substituents is 1. The molecular weight excluding hydrogens is 240 g/mol. The van der Waals surface area contributed by atoms with Crippen LogP contribution in [0.25, 0.3) is 0 Å². The fraction of sp³-hybridized carbons (Fsp3) is 0.364. The number of benzene rings is 1. The van der Waals surface area contributed by atoms with E-state index < -0.39 is 17.6 Å². The minimum Gasteiger partial charge on any atom is -0.394 e. The molecule has 0 radical (unpaired) electrons. The summed E-state index contributed by atoms with van der Waals surface area (Å²) in [4.78, 5) is 21.4. The number of carbonyl (C=O) groups excluding carboxylic acids is 1. The summed E-state index contributed by atoms with van der Waals surface area (Å²) in [5.41, 5.74) is 0.441. The molecular formula is C11H14N2O5. The zero-order valence-electron chi connectivity index (χ0n) is 9.57. The van der Waals surface area contributed by atoms with Crippen LogP contribution in [0.15, 0.2) is 24.3 Å². The van der Waals surface area contributed by atoms with Crippen LogP contribution in [-0.2, 0) is 11.2 Å². The van der Waals surface area contributed by atoms with Gasteiger partial charge < -0.3 is 15.5 Å². The van der Waals surface area contributed by atoms with Crippen molar-refractivity contribution in [2.75, 3.05) is 13.2 Å². The van der Waals surface area contributed by atoms with Gasteiger partial charge in [-0.2, -0.15) is 0 Å². The Morgan fingerprint density at radius 1 is 1.50 bits per heavy atom. The van der Waals surface area contributed by atoms with Crippen molar-refractivity contribution in [1.29, 1.82) is 0 Å². The highest BCUT2D eigenvalue weighted by Crippen LogP contribution is 2.13. The monoisotopic (exact) mass is 254 g/mol. The number of amides is 1. The number of carbonyl (C=O) groups is 1. The Hall–Kier alpha value is -1.99. The first-order valence-electron chi connectivity index (χ1n) is 5.32. The Bertz CT molecular complexity index is 435. The van der Waals surface area contributed by atoms with E-state index in [1.165, 1.54) is 18.2 Å². The van der Waals surface area contributed by atoms with Crippen LogP contribution in [0.1, 0.15) is 5.56 Å². The van der Waals surface area contributed by atoms with Gasteiger partial charge in [0.2, 0.25) is 5.91 Å². The molecule has 98 valence electrons. The van der Waals surface area contributed by atoms with Crippen molar-refractivity contribution >= 4 is 11.6 Å². The van der Waals surface area contributed by atoms with Crippen LogP contribution in [0.3, 0.4) is 0 Å². The number of rotatable bonds is 6. The van der Waals surface area contributed by atoms with E-state index in [4.69, 9.17) is 10.2 Å². The molecule has 0 aliphatic heterocycles. The highest BCUT2D eigenvalue weighted by Gasteiger charge is 2.10. The van der Waals surface area contributed by atoms with Gasteiger partial charge in [0, 0.05) is 18.7 Å². The van der Waals surface area contributed by atoms with Gasteiger partial charge in [-0.3, -0.25) is 14.9 Å². The first-order chi connectivity index (χ1) is 8.52. The Labute approximate surface area is 103 Å². The lowest BCUT2D eigenvalue weighted by Gasteiger charge is -2.08. The van der Waals surface area contributed by atoms with E-state index in [2.05, 4.69) is 5.32 Å². The molecule has 3 N–H and O–H groups in total. The lowest BCUT2D eigenvalue weighted by atomic mass is 10.1. The van der Waals surface area contributed by atoms with Gasteiger partial charge in [-0.1, -0.05) is 12.1 Å². The largest absolute Gasteiger partial charge is 0.394 e. The van der Waals surface area contributed by atoms with Gasteiger partial charge in [-0.15, -0.1) is 0 Å². The number of aliphatic hydroxyl groups is 2. The number of nitrogens with one attached hydrogen (secondary N) is 1. The molecule has 1 aromatic carbocycles. The maximum absolute atomic E-state index is 11.4. The van der Waals surface area contributed by atoms with E-state index in [0.29, 0.717) is 5.56 Å². The van der Waals surface area contributed by atoms with Gasteiger partial charge in [0.25, 0.3) is 5.69 Å². The molecule has 0 fully saturated rings. The predicted octanol–water partition coefficient (Wildman–Crippen LogP) is -0.393. The Morgan fingerprint density at radius 2 is 2.22 bits per heavy atom. The van der Waals surface area contributed by atoms with Crippen LogP contribution in [0, 0.1) is 10.1 Å². The SMILES string of the molecule is O=C(Cc1cccc([N+](=O)[O-])c1)NCC(O)CO. The standard InChI is InChI=1S/C11H14N2O5/c14-7-10(15)6-12-11(16)5-8-2-1-3-9(4-8)13(17)18/h1-4,10,14-15H,5-7H2,(H,12,16). The molecule has 1 aromatic rings. The maximum Gasteiger partial charge on any atom is 0.269 e. The third-order valence-electron chi connectivity index (χ3n) is 2.23. The summed E-state index contributed by atoms with van der Waals surface area (Å²) >= 11 is 0. The molecule has 0 aliphatic rings. The number of nitrogens with zero attached hydrogens (tertiary/aromatic N) is 1. The second-order valence-electron chi connectivity index (χ2n) is 3.74. The van der Waals surface area contributed by atoms with Crippen molar-refractivity contribution in [3.63, 3.8) is 0 Å². The molecule has 0 spiro atoms. The molecule has 7 nitrogen and oxygen atoms in total. The first-order valence-corrected chi connectivity index (χ1v) is 5.32. The summed E-state index contributed by atoms with van der Waals surface area (Å²) in [7, 11) is 0. The fourth-order valence-corrected chi connectivity index (χ4v) is 1.32. The second kappa shape index (κ2) is 6.67. The van der Waals surface area contributed by atoms with Gasteiger partial charge in [-0.05, 0) is 5.56 Å². The number of hydrogen-bond acceptors (Lipinski definition) is 5. The third-order valence-corrected chi connectivity index (χ3v) is 2.23. The molecule has 18 heavy (non-hydrogen) atoms. The normalized spacial score (nSPS) is 11.9. The second-order valence-corrected chi connectivity index (χ2v) is 3.74. The van der Waals surface area contributed by atoms with Crippen molar-refractivity contribution < 1.29 is 19.9 Å². The molecule has 7 heteroatoms. The van der Waals surface area contributed by atoms with Crippen molar-refractivity contribution in [2.45, 2.75) is 12.5 Å². The van der Waals surface area contributed by atoms with Crippen molar-refractivity contribution in [3.8, 4) is 0 Å². The minimum absolute atomic E-state index is 0.0141. The summed E-state index contributed by atoms with van der Waals surface area (Å²) in [6.07, 6.45) is -1.01. The predicted molar refractivity (Wildman–Crippen MR) is 62.9 cm³/mol. The molecule has 0 heterocycles. The maximum atomic E-state index is 11.4. The average Bonchev–Trinajstić information content (AvgIpc) is 2.36. The van der Waals surface area contributed by atoms with Crippen LogP contribution in [0.2, 0.25) is 0 Å². The van der Waals surface area contributed by atoms with Crippen molar-refractivity contribution in [1.82, 2.24) is 5.32 Å². The van der Waals surface area contributed by atoms with Crippen LogP contribution in [0.5, 0.6) is 0 Å². The third kappa shape index (κ3) is 4.48. The molecule has 1 unspecified atom stereocenters. The summed E-state index contributed by atoms with van der Waals surface area (Å²) < 4.78 is 0. The highest BCUT2D eigenvalue weighted by atomic mass is 16.6. The summed E-state index contributed by atoms with van der Waals surface area (Å²) in [5, 5.41) is 30.5. The topological polar surface area (TPSA) is 113 Å². The quantitative estimate of drug-likeness (QED) is 0.472. The van der Waals surface area contributed by atoms with Crippen LogP contribution >= 0.6 is 0 Å². The van der Waals surface area contributed by atoms with E-state index in [1.54, 1.807) is 6.07 Å². The lowest BCUT2D eigenvalue weighted by Crippen LogP contribution is -2.34. The van der Waals surface area contributed by atoms with E-state index in [9.17, 15) is 14.9 Å². The van der Waals surface area contributed by atoms with Gasteiger partial charge in [0.1, 0.15) is 0 Å². The van der Waals surface area contributed by atoms with Gasteiger partial charge in [0.15, 0.2) is 0 Å². The Kier molecular flexibility index (Phi) is 5.22. The Balaban J connectivity index is 2.54. The van der Waals surface area contributed by atoms with Crippen molar-refractivity contribution in [2.24, 2.45) is 0 Å². The molecule has 0 saturated heterocycles. The number of non-ortho nitro benzene ring substituents is 1. The van der Waals surface area contributed by atoms with E-state index in [1.807, 2.05) is 0 Å².